The highest BCUT2D eigenvalue weighted by Crippen LogP contribution is 2.58. The lowest BCUT2D eigenvalue weighted by Gasteiger charge is -2.57. The third-order valence-electron chi connectivity index (χ3n) is 5.14. The van der Waals surface area contributed by atoms with E-state index in [0.717, 1.165) is 12.3 Å². The van der Waals surface area contributed by atoms with E-state index in [1.54, 1.807) is 7.11 Å². The first-order valence-corrected chi connectivity index (χ1v) is 7.59. The van der Waals surface area contributed by atoms with Gasteiger partial charge in [0.05, 0.1) is 7.11 Å². The van der Waals surface area contributed by atoms with Gasteiger partial charge in [0.1, 0.15) is 5.75 Å². The molecule has 0 saturated heterocycles. The average Bonchev–Trinajstić information content (AvgIpc) is 2.45. The maximum absolute atomic E-state index is 5.56. The van der Waals surface area contributed by atoms with Crippen molar-refractivity contribution in [3.8, 4) is 5.75 Å². The first kappa shape index (κ1) is 14.4. The molecule has 0 bridgehead atoms. The summed E-state index contributed by atoms with van der Waals surface area (Å²) in [7, 11) is 1.78. The van der Waals surface area contributed by atoms with Gasteiger partial charge in [0.25, 0.3) is 0 Å². The minimum Gasteiger partial charge on any atom is -0.496 e. The first-order valence-electron chi connectivity index (χ1n) is 7.59. The van der Waals surface area contributed by atoms with E-state index in [1.165, 1.54) is 24.8 Å². The summed E-state index contributed by atoms with van der Waals surface area (Å²) in [4.78, 5) is 0. The number of methoxy groups -OCH3 is 1. The Balaban J connectivity index is 2.30. The van der Waals surface area contributed by atoms with Gasteiger partial charge >= 0.3 is 0 Å². The summed E-state index contributed by atoms with van der Waals surface area (Å²) >= 11 is 0. The summed E-state index contributed by atoms with van der Waals surface area (Å²) in [6, 6.07) is 9.18. The van der Waals surface area contributed by atoms with Crippen LogP contribution in [0.1, 0.15) is 51.5 Å². The molecule has 0 amide bonds. The van der Waals surface area contributed by atoms with Crippen LogP contribution in [-0.2, 0) is 0 Å². The molecule has 2 unspecified atom stereocenters. The monoisotopic (exact) mass is 261 g/mol. The normalized spacial score (nSPS) is 24.8. The van der Waals surface area contributed by atoms with Gasteiger partial charge in [-0.25, -0.2) is 0 Å². The molecule has 0 aromatic heterocycles. The number of hydrogen-bond acceptors (Lipinski definition) is 2. The van der Waals surface area contributed by atoms with Crippen LogP contribution in [0.5, 0.6) is 5.75 Å². The lowest BCUT2D eigenvalue weighted by atomic mass is 9.51. The number of rotatable bonds is 6. The quantitative estimate of drug-likeness (QED) is 0.836. The summed E-state index contributed by atoms with van der Waals surface area (Å²) in [6.45, 7) is 7.92. The molecule has 19 heavy (non-hydrogen) atoms. The van der Waals surface area contributed by atoms with Gasteiger partial charge in [-0.2, -0.15) is 0 Å². The lowest BCUT2D eigenvalue weighted by molar-refractivity contribution is 0.0199. The van der Waals surface area contributed by atoms with E-state index >= 15 is 0 Å². The summed E-state index contributed by atoms with van der Waals surface area (Å²) in [5.74, 6) is 1.68. The molecular formula is C17H27NO. The topological polar surface area (TPSA) is 21.3 Å². The van der Waals surface area contributed by atoms with Gasteiger partial charge in [0, 0.05) is 6.04 Å². The number of para-hydroxylation sites is 1. The lowest BCUT2D eigenvalue weighted by Crippen LogP contribution is -2.58. The standard InChI is InChI=1S/C17H27NO/c1-5-17(6-2)14(12-16(17)18-7-3)13-10-8-9-11-15(13)19-4/h8-11,14,16,18H,5-7,12H2,1-4H3. The van der Waals surface area contributed by atoms with Crippen LogP contribution < -0.4 is 10.1 Å². The summed E-state index contributed by atoms with van der Waals surface area (Å²) < 4.78 is 5.56. The molecule has 1 aromatic rings. The molecule has 0 radical (unpaired) electrons. The van der Waals surface area contributed by atoms with Crippen molar-refractivity contribution in [1.29, 1.82) is 0 Å². The summed E-state index contributed by atoms with van der Waals surface area (Å²) in [6.07, 6.45) is 3.68. The molecule has 2 atom stereocenters. The smallest absolute Gasteiger partial charge is 0.122 e. The molecule has 0 heterocycles. The highest BCUT2D eigenvalue weighted by atomic mass is 16.5. The molecule has 1 aliphatic carbocycles. The summed E-state index contributed by atoms with van der Waals surface area (Å²) in [5.41, 5.74) is 1.79. The molecule has 0 spiro atoms. The van der Waals surface area contributed by atoms with Gasteiger partial charge in [0.2, 0.25) is 0 Å². The molecule has 2 heteroatoms. The van der Waals surface area contributed by atoms with Crippen molar-refractivity contribution in [3.63, 3.8) is 0 Å². The second-order valence-corrected chi connectivity index (χ2v) is 5.58. The predicted octanol–water partition coefficient (Wildman–Crippen LogP) is 3.97. The Hall–Kier alpha value is -1.02. The Labute approximate surface area is 117 Å². The van der Waals surface area contributed by atoms with Gasteiger partial charge in [-0.05, 0) is 48.8 Å². The summed E-state index contributed by atoms with van der Waals surface area (Å²) in [5, 5.41) is 3.67. The molecular weight excluding hydrogens is 234 g/mol. The number of benzene rings is 1. The highest BCUT2D eigenvalue weighted by molar-refractivity contribution is 5.40. The van der Waals surface area contributed by atoms with Crippen molar-refractivity contribution in [2.45, 2.75) is 52.0 Å². The van der Waals surface area contributed by atoms with Crippen LogP contribution in [-0.4, -0.2) is 19.7 Å². The van der Waals surface area contributed by atoms with Gasteiger partial charge in [0.15, 0.2) is 0 Å². The average molecular weight is 261 g/mol. The fourth-order valence-electron chi connectivity index (χ4n) is 3.95. The molecule has 1 saturated carbocycles. The molecule has 2 nitrogen and oxygen atoms in total. The Morgan fingerprint density at radius 3 is 2.47 bits per heavy atom. The molecule has 106 valence electrons. The molecule has 1 N–H and O–H groups in total. The van der Waals surface area contributed by atoms with Crippen LogP contribution in [0.25, 0.3) is 0 Å². The van der Waals surface area contributed by atoms with Crippen molar-refractivity contribution in [2.24, 2.45) is 5.41 Å². The Morgan fingerprint density at radius 1 is 1.21 bits per heavy atom. The van der Waals surface area contributed by atoms with E-state index in [2.05, 4.69) is 50.4 Å². The largest absolute Gasteiger partial charge is 0.496 e. The zero-order valence-corrected chi connectivity index (χ0v) is 12.7. The minimum absolute atomic E-state index is 0.393. The van der Waals surface area contributed by atoms with Crippen LogP contribution in [0.4, 0.5) is 0 Å². The fraction of sp³-hybridized carbons (Fsp3) is 0.647. The van der Waals surface area contributed by atoms with Crippen LogP contribution in [0.15, 0.2) is 24.3 Å². The number of ether oxygens (including phenoxy) is 1. The maximum Gasteiger partial charge on any atom is 0.122 e. The van der Waals surface area contributed by atoms with Crippen LogP contribution in [0.2, 0.25) is 0 Å². The molecule has 2 rings (SSSR count). The van der Waals surface area contributed by atoms with Crippen molar-refractivity contribution in [1.82, 2.24) is 5.32 Å². The molecule has 1 fully saturated rings. The van der Waals surface area contributed by atoms with Crippen LogP contribution >= 0.6 is 0 Å². The van der Waals surface area contributed by atoms with Crippen molar-refractivity contribution in [2.75, 3.05) is 13.7 Å². The van der Waals surface area contributed by atoms with Crippen molar-refractivity contribution >= 4 is 0 Å². The van der Waals surface area contributed by atoms with Crippen molar-refractivity contribution < 1.29 is 4.74 Å². The zero-order valence-electron chi connectivity index (χ0n) is 12.7. The first-order chi connectivity index (χ1) is 9.23. The van der Waals surface area contributed by atoms with E-state index in [-0.39, 0.29) is 0 Å². The van der Waals surface area contributed by atoms with E-state index in [0.29, 0.717) is 17.4 Å². The van der Waals surface area contributed by atoms with E-state index in [9.17, 15) is 0 Å². The van der Waals surface area contributed by atoms with Crippen LogP contribution in [0.3, 0.4) is 0 Å². The van der Waals surface area contributed by atoms with Gasteiger partial charge in [-0.3, -0.25) is 0 Å². The van der Waals surface area contributed by atoms with E-state index in [4.69, 9.17) is 4.74 Å². The van der Waals surface area contributed by atoms with E-state index in [1.807, 2.05) is 0 Å². The Morgan fingerprint density at radius 2 is 1.89 bits per heavy atom. The Bertz CT molecular complexity index is 411. The SMILES string of the molecule is CCNC1CC(c2ccccc2OC)C1(CC)CC. The van der Waals surface area contributed by atoms with Crippen LogP contribution in [0, 0.1) is 5.41 Å². The fourth-order valence-corrected chi connectivity index (χ4v) is 3.95. The zero-order chi connectivity index (χ0) is 13.9. The second kappa shape index (κ2) is 5.96. The van der Waals surface area contributed by atoms with Gasteiger partial charge < -0.3 is 10.1 Å². The molecule has 1 aromatic carbocycles. The highest BCUT2D eigenvalue weighted by Gasteiger charge is 2.53. The van der Waals surface area contributed by atoms with Gasteiger partial charge in [-0.1, -0.05) is 39.0 Å². The molecule has 0 aliphatic heterocycles. The third-order valence-corrected chi connectivity index (χ3v) is 5.14. The van der Waals surface area contributed by atoms with Crippen molar-refractivity contribution in [3.05, 3.63) is 29.8 Å². The number of hydrogen-bond donors (Lipinski definition) is 1. The van der Waals surface area contributed by atoms with Gasteiger partial charge in [-0.15, -0.1) is 0 Å². The minimum atomic E-state index is 0.393. The Kier molecular flexibility index (Phi) is 4.51. The van der Waals surface area contributed by atoms with E-state index < -0.39 is 0 Å². The second-order valence-electron chi connectivity index (χ2n) is 5.58. The number of nitrogens with one attached hydrogen (secondary N) is 1. The molecule has 1 aliphatic rings. The third kappa shape index (κ3) is 2.27. The predicted molar refractivity (Wildman–Crippen MR) is 80.8 cm³/mol. The maximum atomic E-state index is 5.56.